The van der Waals surface area contributed by atoms with Gasteiger partial charge in [-0.05, 0) is 58.7 Å². The molecule has 1 fully saturated rings. The lowest BCUT2D eigenvalue weighted by atomic mass is 9.75. The van der Waals surface area contributed by atoms with Gasteiger partial charge in [-0.25, -0.2) is 0 Å². The van der Waals surface area contributed by atoms with E-state index in [4.69, 9.17) is 5.73 Å². The van der Waals surface area contributed by atoms with Crippen LogP contribution in [0.25, 0.3) is 0 Å². The van der Waals surface area contributed by atoms with Gasteiger partial charge in [0.1, 0.15) is 0 Å². The SMILES string of the molecule is CCCC(CCN)CCC(=O)N(C)CC1(N(C)C)CCC1. The Balaban J connectivity index is 2.40. The molecule has 0 aromatic rings. The van der Waals surface area contributed by atoms with E-state index in [9.17, 15) is 4.79 Å². The summed E-state index contributed by atoms with van der Waals surface area (Å²) in [5.74, 6) is 0.908. The first kappa shape index (κ1) is 18.4. The Morgan fingerprint density at radius 1 is 1.19 bits per heavy atom. The number of carbonyl (C=O) groups is 1. The van der Waals surface area contributed by atoms with Crippen molar-refractivity contribution in [3.05, 3.63) is 0 Å². The second-order valence-corrected chi connectivity index (χ2v) is 6.99. The number of amides is 1. The highest BCUT2D eigenvalue weighted by Crippen LogP contribution is 2.36. The van der Waals surface area contributed by atoms with E-state index in [-0.39, 0.29) is 5.54 Å². The molecule has 1 saturated carbocycles. The quantitative estimate of drug-likeness (QED) is 0.674. The Bertz CT molecular complexity index is 307. The third-order valence-electron chi connectivity index (χ3n) is 5.23. The van der Waals surface area contributed by atoms with Gasteiger partial charge in [-0.15, -0.1) is 0 Å². The van der Waals surface area contributed by atoms with Crippen LogP contribution in [0.4, 0.5) is 0 Å². The Kier molecular flexibility index (Phi) is 7.67. The van der Waals surface area contributed by atoms with E-state index in [2.05, 4.69) is 25.9 Å². The predicted molar refractivity (Wildman–Crippen MR) is 89.2 cm³/mol. The Morgan fingerprint density at radius 3 is 2.29 bits per heavy atom. The molecular weight excluding hydrogens is 262 g/mol. The summed E-state index contributed by atoms with van der Waals surface area (Å²) < 4.78 is 0. The van der Waals surface area contributed by atoms with Crippen LogP contribution in [0.3, 0.4) is 0 Å². The van der Waals surface area contributed by atoms with Gasteiger partial charge in [0.05, 0.1) is 0 Å². The summed E-state index contributed by atoms with van der Waals surface area (Å²) in [6, 6.07) is 0. The number of hydrogen-bond donors (Lipinski definition) is 1. The summed E-state index contributed by atoms with van der Waals surface area (Å²) in [7, 11) is 6.23. The molecule has 0 aliphatic heterocycles. The zero-order chi connectivity index (χ0) is 15.9. The molecule has 0 bridgehead atoms. The minimum atomic E-state index is 0.227. The lowest BCUT2D eigenvalue weighted by molar-refractivity contribution is -0.133. The Labute approximate surface area is 131 Å². The molecular formula is C17H35N3O. The topological polar surface area (TPSA) is 49.6 Å². The van der Waals surface area contributed by atoms with Crippen LogP contribution in [0.2, 0.25) is 0 Å². The first-order valence-electron chi connectivity index (χ1n) is 8.56. The van der Waals surface area contributed by atoms with E-state index in [0.717, 1.165) is 25.9 Å². The van der Waals surface area contributed by atoms with Crippen LogP contribution in [-0.4, -0.2) is 55.5 Å². The Morgan fingerprint density at radius 2 is 1.86 bits per heavy atom. The van der Waals surface area contributed by atoms with E-state index in [1.807, 2.05) is 11.9 Å². The van der Waals surface area contributed by atoms with Gasteiger partial charge in [-0.1, -0.05) is 19.8 Å². The van der Waals surface area contributed by atoms with Crippen LogP contribution in [0, 0.1) is 5.92 Å². The normalized spacial score (nSPS) is 18.4. The summed E-state index contributed by atoms with van der Waals surface area (Å²) in [4.78, 5) is 16.6. The highest BCUT2D eigenvalue weighted by molar-refractivity contribution is 5.76. The number of likely N-dealkylation sites (N-methyl/N-ethyl adjacent to an activating group) is 2. The van der Waals surface area contributed by atoms with E-state index in [1.165, 1.54) is 32.1 Å². The molecule has 1 aliphatic carbocycles. The van der Waals surface area contributed by atoms with E-state index in [0.29, 0.717) is 18.2 Å². The highest BCUT2D eigenvalue weighted by atomic mass is 16.2. The third-order valence-corrected chi connectivity index (χ3v) is 5.23. The van der Waals surface area contributed by atoms with Crippen LogP contribution in [0.5, 0.6) is 0 Å². The molecule has 0 spiro atoms. The van der Waals surface area contributed by atoms with Crippen LogP contribution in [0.15, 0.2) is 0 Å². The van der Waals surface area contributed by atoms with Gasteiger partial charge >= 0.3 is 0 Å². The van der Waals surface area contributed by atoms with Crippen molar-refractivity contribution in [2.45, 2.75) is 63.8 Å². The van der Waals surface area contributed by atoms with Crippen molar-refractivity contribution >= 4 is 5.91 Å². The van der Waals surface area contributed by atoms with Crippen molar-refractivity contribution in [1.29, 1.82) is 0 Å². The molecule has 1 unspecified atom stereocenters. The van der Waals surface area contributed by atoms with Gasteiger partial charge in [0.15, 0.2) is 0 Å². The molecule has 21 heavy (non-hydrogen) atoms. The number of carbonyl (C=O) groups excluding carboxylic acids is 1. The average Bonchev–Trinajstić information content (AvgIpc) is 2.39. The molecule has 0 radical (unpaired) electrons. The molecule has 124 valence electrons. The summed E-state index contributed by atoms with van der Waals surface area (Å²) in [6.07, 6.45) is 8.79. The van der Waals surface area contributed by atoms with Crippen molar-refractivity contribution in [3.8, 4) is 0 Å². The molecule has 4 heteroatoms. The molecule has 0 aromatic carbocycles. The third kappa shape index (κ3) is 5.26. The minimum absolute atomic E-state index is 0.227. The van der Waals surface area contributed by atoms with Gasteiger partial charge in [-0.3, -0.25) is 4.79 Å². The van der Waals surface area contributed by atoms with Gasteiger partial charge in [-0.2, -0.15) is 0 Å². The van der Waals surface area contributed by atoms with Crippen LogP contribution in [0.1, 0.15) is 58.3 Å². The minimum Gasteiger partial charge on any atom is -0.344 e. The summed E-state index contributed by atoms with van der Waals surface area (Å²) in [5.41, 5.74) is 5.89. The van der Waals surface area contributed by atoms with Crippen molar-refractivity contribution in [3.63, 3.8) is 0 Å². The number of hydrogen-bond acceptors (Lipinski definition) is 3. The van der Waals surface area contributed by atoms with E-state index in [1.54, 1.807) is 0 Å². The first-order chi connectivity index (χ1) is 9.95. The van der Waals surface area contributed by atoms with Crippen LogP contribution < -0.4 is 5.73 Å². The summed E-state index contributed by atoms with van der Waals surface area (Å²) >= 11 is 0. The fourth-order valence-corrected chi connectivity index (χ4v) is 3.46. The molecule has 0 saturated heterocycles. The van der Waals surface area contributed by atoms with Gasteiger partial charge < -0.3 is 15.5 Å². The first-order valence-corrected chi connectivity index (χ1v) is 8.56. The fraction of sp³-hybridized carbons (Fsp3) is 0.941. The second kappa shape index (κ2) is 8.74. The number of rotatable bonds is 10. The van der Waals surface area contributed by atoms with Crippen molar-refractivity contribution in [2.24, 2.45) is 11.7 Å². The summed E-state index contributed by atoms with van der Waals surface area (Å²) in [5, 5.41) is 0. The van der Waals surface area contributed by atoms with Gasteiger partial charge in [0, 0.05) is 25.6 Å². The molecule has 0 heterocycles. The van der Waals surface area contributed by atoms with Crippen molar-refractivity contribution < 1.29 is 4.79 Å². The van der Waals surface area contributed by atoms with E-state index >= 15 is 0 Å². The average molecular weight is 297 g/mol. The molecule has 2 N–H and O–H groups in total. The van der Waals surface area contributed by atoms with E-state index < -0.39 is 0 Å². The van der Waals surface area contributed by atoms with Gasteiger partial charge in [0.25, 0.3) is 0 Å². The van der Waals surface area contributed by atoms with Crippen molar-refractivity contribution in [1.82, 2.24) is 9.80 Å². The number of nitrogens with zero attached hydrogens (tertiary/aromatic N) is 2. The smallest absolute Gasteiger partial charge is 0.222 e. The zero-order valence-corrected chi connectivity index (χ0v) is 14.5. The van der Waals surface area contributed by atoms with Crippen molar-refractivity contribution in [2.75, 3.05) is 34.2 Å². The highest BCUT2D eigenvalue weighted by Gasteiger charge is 2.40. The standard InChI is InChI=1S/C17H35N3O/c1-5-7-15(10-13-18)8-9-16(21)20(4)14-17(19(2)3)11-6-12-17/h15H,5-14,18H2,1-4H3. The maximum atomic E-state index is 12.4. The fourth-order valence-electron chi connectivity index (χ4n) is 3.46. The lowest BCUT2D eigenvalue weighted by Gasteiger charge is -2.49. The summed E-state index contributed by atoms with van der Waals surface area (Å²) in [6.45, 7) is 3.81. The monoisotopic (exact) mass is 297 g/mol. The maximum absolute atomic E-state index is 12.4. The molecule has 1 atom stereocenters. The Hall–Kier alpha value is -0.610. The molecule has 1 rings (SSSR count). The molecule has 1 aliphatic rings. The predicted octanol–water partition coefficient (Wildman–Crippen LogP) is 2.47. The molecule has 1 amide bonds. The lowest BCUT2D eigenvalue weighted by Crippen LogP contribution is -2.57. The zero-order valence-electron chi connectivity index (χ0n) is 14.5. The van der Waals surface area contributed by atoms with Crippen LogP contribution >= 0.6 is 0 Å². The second-order valence-electron chi connectivity index (χ2n) is 6.99. The van der Waals surface area contributed by atoms with Gasteiger partial charge in [0.2, 0.25) is 5.91 Å². The maximum Gasteiger partial charge on any atom is 0.222 e. The molecule has 4 nitrogen and oxygen atoms in total. The van der Waals surface area contributed by atoms with Crippen LogP contribution in [-0.2, 0) is 4.79 Å². The molecule has 0 aromatic heterocycles. The largest absolute Gasteiger partial charge is 0.344 e. The number of nitrogens with two attached hydrogens (primary N) is 1.